The van der Waals surface area contributed by atoms with Gasteiger partial charge in [0.15, 0.2) is 0 Å². The van der Waals surface area contributed by atoms with Crippen molar-refractivity contribution in [2.75, 3.05) is 6.54 Å². The third-order valence-electron chi connectivity index (χ3n) is 6.17. The fourth-order valence-corrected chi connectivity index (χ4v) is 4.57. The van der Waals surface area contributed by atoms with E-state index >= 15 is 0 Å². The molecule has 1 fully saturated rings. The highest BCUT2D eigenvalue weighted by molar-refractivity contribution is 5.50. The lowest BCUT2D eigenvalue weighted by Crippen LogP contribution is -2.36. The molecule has 0 bridgehead atoms. The van der Waals surface area contributed by atoms with Crippen molar-refractivity contribution in [2.24, 2.45) is 11.7 Å². The molecule has 0 radical (unpaired) electrons. The minimum Gasteiger partial charge on any atom is -0.330 e. The van der Waals surface area contributed by atoms with Gasteiger partial charge in [0, 0.05) is 12.1 Å². The molecule has 29 heavy (non-hydrogen) atoms. The Morgan fingerprint density at radius 3 is 1.69 bits per heavy atom. The van der Waals surface area contributed by atoms with Crippen LogP contribution in [0.1, 0.15) is 34.7 Å². The Labute approximate surface area is 171 Å². The number of nitrogens with two attached hydrogens (primary N) is 1. The Morgan fingerprint density at radius 2 is 1.28 bits per heavy atom. The van der Waals surface area contributed by atoms with Crippen molar-refractivity contribution >= 4 is 0 Å². The molecule has 1 aliphatic carbocycles. The van der Waals surface area contributed by atoms with E-state index < -0.39 is 5.54 Å². The summed E-state index contributed by atoms with van der Waals surface area (Å²) in [5.41, 5.74) is 10.2. The molecule has 2 atom stereocenters. The molecule has 0 amide bonds. The smallest absolute Gasteiger partial charge is 0.121 e. The van der Waals surface area contributed by atoms with Crippen LogP contribution in [-0.4, -0.2) is 16.1 Å². The molecular weight excluding hydrogens is 354 g/mol. The van der Waals surface area contributed by atoms with Crippen LogP contribution in [0.15, 0.2) is 104 Å². The standard InChI is InChI=1S/C26H25N3/c27-17-20-16-24(20)25-18-29(19-28-25)26(21-10-4-1-5-11-21,22-12-6-2-7-13-22)23-14-8-3-9-15-23/h1-15,18-20,24H,16-17,27H2/t20-,24-/m1/s1. The minimum atomic E-state index is -0.484. The molecule has 1 aromatic heterocycles. The number of benzene rings is 3. The molecule has 2 N–H and O–H groups in total. The third-order valence-corrected chi connectivity index (χ3v) is 6.17. The van der Waals surface area contributed by atoms with Gasteiger partial charge in [-0.25, -0.2) is 4.98 Å². The largest absolute Gasteiger partial charge is 0.330 e. The summed E-state index contributed by atoms with van der Waals surface area (Å²) >= 11 is 0. The van der Waals surface area contributed by atoms with Crippen LogP contribution in [0, 0.1) is 5.92 Å². The van der Waals surface area contributed by atoms with Crippen molar-refractivity contribution < 1.29 is 0 Å². The number of hydrogen-bond acceptors (Lipinski definition) is 2. The normalized spacial score (nSPS) is 18.5. The summed E-state index contributed by atoms with van der Waals surface area (Å²) in [6, 6.07) is 32.1. The Morgan fingerprint density at radius 1 is 0.793 bits per heavy atom. The molecule has 3 heteroatoms. The number of aromatic nitrogens is 2. The lowest BCUT2D eigenvalue weighted by molar-refractivity contribution is 0.514. The summed E-state index contributed by atoms with van der Waals surface area (Å²) in [5, 5.41) is 0. The van der Waals surface area contributed by atoms with Crippen LogP contribution >= 0.6 is 0 Å². The van der Waals surface area contributed by atoms with Gasteiger partial charge in [-0.3, -0.25) is 0 Å². The van der Waals surface area contributed by atoms with Crippen LogP contribution in [0.2, 0.25) is 0 Å². The summed E-state index contributed by atoms with van der Waals surface area (Å²) in [4.78, 5) is 4.83. The molecule has 0 spiro atoms. The monoisotopic (exact) mass is 379 g/mol. The zero-order chi connectivity index (χ0) is 19.7. The SMILES string of the molecule is NC[C@H]1C[C@H]1c1cn(C(c2ccccc2)(c2ccccc2)c2ccccc2)cn1. The maximum Gasteiger partial charge on any atom is 0.121 e. The predicted molar refractivity (Wildman–Crippen MR) is 117 cm³/mol. The first-order valence-corrected chi connectivity index (χ1v) is 10.2. The van der Waals surface area contributed by atoms with E-state index in [2.05, 4.69) is 102 Å². The maximum absolute atomic E-state index is 5.89. The molecule has 1 heterocycles. The lowest BCUT2D eigenvalue weighted by Gasteiger charge is -2.37. The van der Waals surface area contributed by atoms with E-state index in [0.29, 0.717) is 11.8 Å². The Balaban J connectivity index is 1.77. The zero-order valence-corrected chi connectivity index (χ0v) is 16.4. The first kappa shape index (κ1) is 17.9. The average molecular weight is 380 g/mol. The molecule has 0 unspecified atom stereocenters. The fraction of sp³-hybridized carbons (Fsp3) is 0.192. The van der Waals surface area contributed by atoms with Crippen molar-refractivity contribution in [3.05, 3.63) is 126 Å². The van der Waals surface area contributed by atoms with Crippen LogP contribution in [0.3, 0.4) is 0 Å². The van der Waals surface area contributed by atoms with E-state index in [1.165, 1.54) is 16.7 Å². The van der Waals surface area contributed by atoms with Gasteiger partial charge in [0.25, 0.3) is 0 Å². The maximum atomic E-state index is 5.89. The van der Waals surface area contributed by atoms with Gasteiger partial charge in [-0.1, -0.05) is 91.0 Å². The van der Waals surface area contributed by atoms with Gasteiger partial charge in [-0.15, -0.1) is 0 Å². The molecule has 1 aliphatic rings. The van der Waals surface area contributed by atoms with Gasteiger partial charge in [0.05, 0.1) is 12.0 Å². The van der Waals surface area contributed by atoms with Gasteiger partial charge < -0.3 is 10.3 Å². The van der Waals surface area contributed by atoms with Gasteiger partial charge in [-0.05, 0) is 35.6 Å². The van der Waals surface area contributed by atoms with Crippen LogP contribution < -0.4 is 5.73 Å². The van der Waals surface area contributed by atoms with Crippen molar-refractivity contribution in [3.8, 4) is 0 Å². The van der Waals surface area contributed by atoms with E-state index in [0.717, 1.165) is 18.7 Å². The highest BCUT2D eigenvalue weighted by Gasteiger charge is 2.42. The zero-order valence-electron chi connectivity index (χ0n) is 16.4. The van der Waals surface area contributed by atoms with Crippen LogP contribution in [0.5, 0.6) is 0 Å². The van der Waals surface area contributed by atoms with Gasteiger partial charge in [0.2, 0.25) is 0 Å². The van der Waals surface area contributed by atoms with Crippen LogP contribution in [0.4, 0.5) is 0 Å². The third kappa shape index (κ3) is 2.99. The number of hydrogen-bond donors (Lipinski definition) is 1. The van der Waals surface area contributed by atoms with Crippen molar-refractivity contribution in [1.29, 1.82) is 0 Å². The molecule has 0 saturated heterocycles. The average Bonchev–Trinajstić information content (AvgIpc) is 3.44. The minimum absolute atomic E-state index is 0.484. The molecule has 5 rings (SSSR count). The van der Waals surface area contributed by atoms with Crippen molar-refractivity contribution in [3.63, 3.8) is 0 Å². The highest BCUT2D eigenvalue weighted by atomic mass is 15.1. The van der Waals surface area contributed by atoms with E-state index in [4.69, 9.17) is 10.7 Å². The molecule has 3 aromatic carbocycles. The van der Waals surface area contributed by atoms with Crippen LogP contribution in [-0.2, 0) is 5.54 Å². The second-order valence-corrected chi connectivity index (χ2v) is 7.85. The number of nitrogens with zero attached hydrogens (tertiary/aromatic N) is 2. The quantitative estimate of drug-likeness (QED) is 0.490. The molecular formula is C26H25N3. The Kier molecular flexibility index (Phi) is 4.53. The number of imidazole rings is 1. The van der Waals surface area contributed by atoms with E-state index in [-0.39, 0.29) is 0 Å². The first-order chi connectivity index (χ1) is 14.3. The van der Waals surface area contributed by atoms with E-state index in [1.54, 1.807) is 0 Å². The second kappa shape index (κ2) is 7.34. The van der Waals surface area contributed by atoms with Crippen molar-refractivity contribution in [2.45, 2.75) is 17.9 Å². The van der Waals surface area contributed by atoms with E-state index in [1.807, 2.05) is 6.33 Å². The highest BCUT2D eigenvalue weighted by Crippen LogP contribution is 2.47. The Hall–Kier alpha value is -3.17. The molecule has 3 nitrogen and oxygen atoms in total. The fourth-order valence-electron chi connectivity index (χ4n) is 4.57. The van der Waals surface area contributed by atoms with E-state index in [9.17, 15) is 0 Å². The summed E-state index contributed by atoms with van der Waals surface area (Å²) in [7, 11) is 0. The number of rotatable bonds is 6. The lowest BCUT2D eigenvalue weighted by atomic mass is 9.77. The molecule has 1 saturated carbocycles. The summed E-state index contributed by atoms with van der Waals surface area (Å²) in [6.45, 7) is 0.735. The summed E-state index contributed by atoms with van der Waals surface area (Å²) in [6.07, 6.45) is 5.37. The van der Waals surface area contributed by atoms with Crippen molar-refractivity contribution in [1.82, 2.24) is 9.55 Å². The van der Waals surface area contributed by atoms with Gasteiger partial charge >= 0.3 is 0 Å². The van der Waals surface area contributed by atoms with Gasteiger partial charge in [-0.2, -0.15) is 0 Å². The molecule has 4 aromatic rings. The topological polar surface area (TPSA) is 43.8 Å². The predicted octanol–water partition coefficient (Wildman–Crippen LogP) is 4.79. The summed E-state index contributed by atoms with van der Waals surface area (Å²) in [5.74, 6) is 1.05. The van der Waals surface area contributed by atoms with Crippen LogP contribution in [0.25, 0.3) is 0 Å². The van der Waals surface area contributed by atoms with Gasteiger partial charge in [0.1, 0.15) is 5.54 Å². The first-order valence-electron chi connectivity index (χ1n) is 10.2. The second-order valence-electron chi connectivity index (χ2n) is 7.85. The summed E-state index contributed by atoms with van der Waals surface area (Å²) < 4.78 is 2.29. The molecule has 0 aliphatic heterocycles. The molecule has 144 valence electrons. The Bertz CT molecular complexity index is 974.